The predicted molar refractivity (Wildman–Crippen MR) is 66.5 cm³/mol. The quantitative estimate of drug-likeness (QED) is 0.843. The summed E-state index contributed by atoms with van der Waals surface area (Å²) in [5.74, 6) is -0.390. The van der Waals surface area contributed by atoms with E-state index >= 15 is 0 Å². The average molecular weight is 233 g/mol. The van der Waals surface area contributed by atoms with Gasteiger partial charge in [0, 0.05) is 6.04 Å². The molecular formula is C14H19NO2. The van der Waals surface area contributed by atoms with Crippen LogP contribution in [0.25, 0.3) is 0 Å². The molecule has 1 aliphatic rings. The highest BCUT2D eigenvalue weighted by Gasteiger charge is 2.29. The molecular weight excluding hydrogens is 214 g/mol. The number of rotatable bonds is 3. The van der Waals surface area contributed by atoms with Crippen molar-refractivity contribution in [2.24, 2.45) is 17.6 Å². The van der Waals surface area contributed by atoms with Gasteiger partial charge < -0.3 is 10.8 Å². The summed E-state index contributed by atoms with van der Waals surface area (Å²) in [7, 11) is 0. The molecule has 2 rings (SSSR count). The summed E-state index contributed by atoms with van der Waals surface area (Å²) in [5.41, 5.74) is 7.40. The maximum absolute atomic E-state index is 10.9. The SMILES string of the molecule is NC(c1ccccc1)C1CCC(C(=O)O)CC1. The van der Waals surface area contributed by atoms with E-state index in [4.69, 9.17) is 10.8 Å². The Bertz CT molecular complexity index is 369. The van der Waals surface area contributed by atoms with E-state index < -0.39 is 5.97 Å². The van der Waals surface area contributed by atoms with Crippen LogP contribution in [0.3, 0.4) is 0 Å². The zero-order valence-electron chi connectivity index (χ0n) is 9.88. The van der Waals surface area contributed by atoms with Crippen LogP contribution in [0, 0.1) is 11.8 Å². The molecule has 0 saturated heterocycles. The summed E-state index contributed by atoms with van der Waals surface area (Å²) in [4.78, 5) is 10.9. The van der Waals surface area contributed by atoms with Crippen molar-refractivity contribution in [1.29, 1.82) is 0 Å². The third kappa shape index (κ3) is 2.86. The molecule has 0 amide bonds. The molecule has 1 fully saturated rings. The van der Waals surface area contributed by atoms with Crippen molar-refractivity contribution in [1.82, 2.24) is 0 Å². The molecule has 0 aliphatic heterocycles. The zero-order chi connectivity index (χ0) is 12.3. The van der Waals surface area contributed by atoms with Crippen molar-refractivity contribution in [2.45, 2.75) is 31.7 Å². The maximum atomic E-state index is 10.9. The Kier molecular flexibility index (Phi) is 3.79. The Labute approximate surface area is 102 Å². The normalized spacial score (nSPS) is 26.4. The molecule has 0 bridgehead atoms. The van der Waals surface area contributed by atoms with Gasteiger partial charge in [-0.2, -0.15) is 0 Å². The van der Waals surface area contributed by atoms with Crippen molar-refractivity contribution < 1.29 is 9.90 Å². The summed E-state index contributed by atoms with van der Waals surface area (Å²) >= 11 is 0. The number of benzene rings is 1. The van der Waals surface area contributed by atoms with Crippen molar-refractivity contribution in [3.63, 3.8) is 0 Å². The van der Waals surface area contributed by atoms with Crippen LogP contribution in [0.4, 0.5) is 0 Å². The van der Waals surface area contributed by atoms with E-state index in [0.717, 1.165) is 31.2 Å². The van der Waals surface area contributed by atoms with Crippen LogP contribution in [-0.4, -0.2) is 11.1 Å². The minimum absolute atomic E-state index is 0.0472. The number of nitrogens with two attached hydrogens (primary N) is 1. The molecule has 17 heavy (non-hydrogen) atoms. The van der Waals surface area contributed by atoms with Gasteiger partial charge in [0.15, 0.2) is 0 Å². The highest BCUT2D eigenvalue weighted by atomic mass is 16.4. The first kappa shape index (κ1) is 12.1. The highest BCUT2D eigenvalue weighted by molar-refractivity contribution is 5.70. The Morgan fingerprint density at radius 1 is 1.18 bits per heavy atom. The van der Waals surface area contributed by atoms with Gasteiger partial charge in [-0.15, -0.1) is 0 Å². The van der Waals surface area contributed by atoms with Gasteiger partial charge in [-0.3, -0.25) is 4.79 Å². The molecule has 1 saturated carbocycles. The standard InChI is InChI=1S/C14H19NO2/c15-13(10-4-2-1-3-5-10)11-6-8-12(9-7-11)14(16)17/h1-5,11-13H,6-9,15H2,(H,16,17). The van der Waals surface area contributed by atoms with Crippen LogP contribution in [0.5, 0.6) is 0 Å². The lowest BCUT2D eigenvalue weighted by Gasteiger charge is -2.30. The molecule has 1 aliphatic carbocycles. The van der Waals surface area contributed by atoms with E-state index in [1.807, 2.05) is 30.3 Å². The second-order valence-corrected chi connectivity index (χ2v) is 4.89. The van der Waals surface area contributed by atoms with Crippen molar-refractivity contribution in [3.05, 3.63) is 35.9 Å². The molecule has 0 aromatic heterocycles. The van der Waals surface area contributed by atoms with Crippen LogP contribution in [0.15, 0.2) is 30.3 Å². The molecule has 3 heteroatoms. The third-order valence-corrected chi connectivity index (χ3v) is 3.81. The minimum Gasteiger partial charge on any atom is -0.481 e. The van der Waals surface area contributed by atoms with Crippen LogP contribution < -0.4 is 5.73 Å². The zero-order valence-corrected chi connectivity index (χ0v) is 9.88. The molecule has 1 aromatic rings. The Morgan fingerprint density at radius 3 is 2.29 bits per heavy atom. The molecule has 0 heterocycles. The van der Waals surface area contributed by atoms with Gasteiger partial charge in [0.2, 0.25) is 0 Å². The van der Waals surface area contributed by atoms with Gasteiger partial charge in [0.1, 0.15) is 0 Å². The van der Waals surface area contributed by atoms with Gasteiger partial charge in [-0.1, -0.05) is 30.3 Å². The van der Waals surface area contributed by atoms with E-state index in [2.05, 4.69) is 0 Å². The fourth-order valence-corrected chi connectivity index (χ4v) is 2.67. The summed E-state index contributed by atoms with van der Waals surface area (Å²) in [6, 6.07) is 10.1. The van der Waals surface area contributed by atoms with Crippen LogP contribution >= 0.6 is 0 Å². The average Bonchev–Trinajstić information content (AvgIpc) is 2.39. The second-order valence-electron chi connectivity index (χ2n) is 4.89. The maximum Gasteiger partial charge on any atom is 0.306 e. The van der Waals surface area contributed by atoms with Crippen molar-refractivity contribution in [3.8, 4) is 0 Å². The van der Waals surface area contributed by atoms with Gasteiger partial charge in [0.05, 0.1) is 5.92 Å². The first-order valence-corrected chi connectivity index (χ1v) is 6.22. The topological polar surface area (TPSA) is 63.3 Å². The number of carbonyl (C=O) groups is 1. The van der Waals surface area contributed by atoms with Crippen LogP contribution in [0.1, 0.15) is 37.3 Å². The van der Waals surface area contributed by atoms with E-state index in [-0.39, 0.29) is 12.0 Å². The molecule has 1 atom stereocenters. The number of hydrogen-bond acceptors (Lipinski definition) is 2. The number of aliphatic carboxylic acids is 1. The lowest BCUT2D eigenvalue weighted by molar-refractivity contribution is -0.143. The fourth-order valence-electron chi connectivity index (χ4n) is 2.67. The van der Waals surface area contributed by atoms with Crippen molar-refractivity contribution in [2.75, 3.05) is 0 Å². The number of hydrogen-bond donors (Lipinski definition) is 2. The Balaban J connectivity index is 1.95. The molecule has 0 radical (unpaired) electrons. The lowest BCUT2D eigenvalue weighted by Crippen LogP contribution is -2.28. The molecule has 92 valence electrons. The largest absolute Gasteiger partial charge is 0.481 e. The van der Waals surface area contributed by atoms with E-state index in [9.17, 15) is 4.79 Å². The first-order chi connectivity index (χ1) is 8.18. The molecule has 1 unspecified atom stereocenters. The van der Waals surface area contributed by atoms with Crippen molar-refractivity contribution >= 4 is 5.97 Å². The minimum atomic E-state index is -0.656. The highest BCUT2D eigenvalue weighted by Crippen LogP contribution is 2.35. The summed E-state index contributed by atoms with van der Waals surface area (Å²) in [6.45, 7) is 0. The smallest absolute Gasteiger partial charge is 0.306 e. The third-order valence-electron chi connectivity index (χ3n) is 3.81. The molecule has 0 spiro atoms. The van der Waals surface area contributed by atoms with E-state index in [1.54, 1.807) is 0 Å². The predicted octanol–water partition coefficient (Wildman–Crippen LogP) is 2.58. The molecule has 3 N–H and O–H groups in total. The van der Waals surface area contributed by atoms with E-state index in [1.165, 1.54) is 0 Å². The van der Waals surface area contributed by atoms with Gasteiger partial charge in [-0.25, -0.2) is 0 Å². The summed E-state index contributed by atoms with van der Waals surface area (Å²) < 4.78 is 0. The van der Waals surface area contributed by atoms with Gasteiger partial charge >= 0.3 is 5.97 Å². The second kappa shape index (κ2) is 5.32. The number of carboxylic acid groups (broad SMARTS) is 1. The molecule has 3 nitrogen and oxygen atoms in total. The van der Waals surface area contributed by atoms with Gasteiger partial charge in [-0.05, 0) is 37.2 Å². The Hall–Kier alpha value is -1.35. The fraction of sp³-hybridized carbons (Fsp3) is 0.500. The van der Waals surface area contributed by atoms with E-state index in [0.29, 0.717) is 5.92 Å². The monoisotopic (exact) mass is 233 g/mol. The lowest BCUT2D eigenvalue weighted by atomic mass is 9.77. The first-order valence-electron chi connectivity index (χ1n) is 6.22. The summed E-state index contributed by atoms with van der Waals surface area (Å²) in [5, 5.41) is 8.95. The van der Waals surface area contributed by atoms with Crippen LogP contribution in [-0.2, 0) is 4.79 Å². The number of carboxylic acids is 1. The van der Waals surface area contributed by atoms with Gasteiger partial charge in [0.25, 0.3) is 0 Å². The summed E-state index contributed by atoms with van der Waals surface area (Å²) in [6.07, 6.45) is 3.38. The molecule has 1 aromatic carbocycles. The van der Waals surface area contributed by atoms with Crippen LogP contribution in [0.2, 0.25) is 0 Å². The Morgan fingerprint density at radius 2 is 1.76 bits per heavy atom.